The number of rotatable bonds is 1. The van der Waals surface area contributed by atoms with Crippen LogP contribution in [0.1, 0.15) is 2.85 Å². The summed E-state index contributed by atoms with van der Waals surface area (Å²) < 4.78 is 17.8. The maximum absolute atomic E-state index is 8.88. The molecule has 0 heterocycles. The van der Waals surface area contributed by atoms with E-state index in [1.807, 2.05) is 0 Å². The Balaban J connectivity index is -0.0000000247. The Morgan fingerprint density at radius 2 is 1.00 bits per heavy atom. The van der Waals surface area contributed by atoms with Gasteiger partial charge in [-0.25, -0.2) is 9.13 Å². The molecule has 0 unspecified atom stereocenters. The molecule has 15 heavy (non-hydrogen) atoms. The molecule has 13 heteroatoms. The second kappa shape index (κ2) is 14.1. The summed E-state index contributed by atoms with van der Waals surface area (Å²) in [6.07, 6.45) is 0. The molecule has 9 nitrogen and oxygen atoms in total. The number of phosphoric acid groups is 2. The Morgan fingerprint density at radius 1 is 0.933 bits per heavy atom. The summed E-state index contributed by atoms with van der Waals surface area (Å²) in [6, 6.07) is 0. The molecular weight excluding hydrogens is 403 g/mol. The van der Waals surface area contributed by atoms with Gasteiger partial charge in [0.1, 0.15) is 0 Å². The Labute approximate surface area is 134 Å². The molecule has 0 aromatic carbocycles. The van der Waals surface area contributed by atoms with E-state index in [9.17, 15) is 0 Å². The second-order valence-electron chi connectivity index (χ2n) is 1.44. The standard InChI is InChI=1S/C2H5ClO.Ba.2H3O4P.2H/c3-1-2-4;;2*1-5(2,3)4;;/h4H,1-2H2;;2*(H3,1,2,3,4);;/q;+2;;;2*-1. The van der Waals surface area contributed by atoms with E-state index in [-0.39, 0.29) is 58.3 Å². The molecule has 0 fully saturated rings. The molecule has 7 N–H and O–H groups in total. The van der Waals surface area contributed by atoms with Crippen molar-refractivity contribution in [1.82, 2.24) is 0 Å². The fourth-order valence-corrected chi connectivity index (χ4v) is 0. The van der Waals surface area contributed by atoms with E-state index in [1.54, 1.807) is 0 Å². The topological polar surface area (TPSA) is 176 Å². The third-order valence-electron chi connectivity index (χ3n) is 0.0845. The van der Waals surface area contributed by atoms with E-state index in [0.29, 0.717) is 5.88 Å². The van der Waals surface area contributed by atoms with Crippen molar-refractivity contribution in [2.75, 3.05) is 12.5 Å². The summed E-state index contributed by atoms with van der Waals surface area (Å²) in [5, 5.41) is 7.74. The molecule has 0 aliphatic carbocycles. The molecule has 0 aliphatic heterocycles. The van der Waals surface area contributed by atoms with Gasteiger partial charge in [-0.2, -0.15) is 0 Å². The van der Waals surface area contributed by atoms with Crippen molar-refractivity contribution in [3.8, 4) is 0 Å². The Morgan fingerprint density at radius 3 is 1.00 bits per heavy atom. The monoisotopic (exact) mass is 416 g/mol. The summed E-state index contributed by atoms with van der Waals surface area (Å²) in [4.78, 5) is 43.1. The zero-order valence-corrected chi connectivity index (χ0v) is 14.3. The summed E-state index contributed by atoms with van der Waals surface area (Å²) in [6.45, 7) is 0.0849. The largest absolute Gasteiger partial charge is 2.00 e. The Bertz CT molecular complexity index is 169. The zero-order chi connectivity index (χ0) is 12.4. The molecule has 0 aliphatic rings. The van der Waals surface area contributed by atoms with Crippen LogP contribution in [0.2, 0.25) is 0 Å². The third kappa shape index (κ3) is 342. The minimum absolute atomic E-state index is 0. The summed E-state index contributed by atoms with van der Waals surface area (Å²) in [5.41, 5.74) is 0. The minimum atomic E-state index is -4.64. The average Bonchev–Trinajstić information content (AvgIpc) is 1.79. The van der Waals surface area contributed by atoms with Crippen molar-refractivity contribution in [3.63, 3.8) is 0 Å². The number of alkyl halides is 1. The van der Waals surface area contributed by atoms with Gasteiger partial charge in [0.05, 0.1) is 6.61 Å². The third-order valence-corrected chi connectivity index (χ3v) is 0.254. The van der Waals surface area contributed by atoms with E-state index in [4.69, 9.17) is 55.2 Å². The van der Waals surface area contributed by atoms with E-state index < -0.39 is 15.6 Å². The van der Waals surface area contributed by atoms with Crippen LogP contribution in [-0.2, 0) is 9.13 Å². The van der Waals surface area contributed by atoms with Gasteiger partial charge in [0.15, 0.2) is 0 Å². The first-order valence-electron chi connectivity index (χ1n) is 2.65. The molecule has 0 bridgehead atoms. The van der Waals surface area contributed by atoms with Crippen LogP contribution in [0.25, 0.3) is 0 Å². The summed E-state index contributed by atoms with van der Waals surface area (Å²) in [7, 11) is -9.28. The van der Waals surface area contributed by atoms with E-state index in [0.717, 1.165) is 0 Å². The van der Waals surface area contributed by atoms with Crippen LogP contribution in [0.3, 0.4) is 0 Å². The van der Waals surface area contributed by atoms with Crippen LogP contribution in [0.15, 0.2) is 0 Å². The smallest absolute Gasteiger partial charge is 1.00 e. The van der Waals surface area contributed by atoms with Crippen LogP contribution in [0, 0.1) is 0 Å². The van der Waals surface area contributed by atoms with Gasteiger partial charge in [0.2, 0.25) is 0 Å². The molecule has 0 saturated carbocycles. The molecule has 0 radical (unpaired) electrons. The van der Waals surface area contributed by atoms with Crippen molar-refractivity contribution in [3.05, 3.63) is 0 Å². The molecule has 0 saturated heterocycles. The molecule has 0 rings (SSSR count). The van der Waals surface area contributed by atoms with Crippen molar-refractivity contribution >= 4 is 76.1 Å². The number of aliphatic hydroxyl groups excluding tert-OH is 1. The van der Waals surface area contributed by atoms with Gasteiger partial charge in [-0.05, 0) is 0 Å². The second-order valence-corrected chi connectivity index (χ2v) is 3.87. The average molecular weight is 416 g/mol. The van der Waals surface area contributed by atoms with Gasteiger partial charge in [-0.15, -0.1) is 11.6 Å². The predicted octanol–water partition coefficient (Wildman–Crippen LogP) is -1.80. The minimum Gasteiger partial charge on any atom is -1.00 e. The van der Waals surface area contributed by atoms with E-state index in [2.05, 4.69) is 0 Å². The van der Waals surface area contributed by atoms with Crippen molar-refractivity contribution < 1.29 is 46.5 Å². The van der Waals surface area contributed by atoms with Crippen molar-refractivity contribution in [2.24, 2.45) is 0 Å². The maximum Gasteiger partial charge on any atom is 2.00 e. The van der Waals surface area contributed by atoms with Crippen LogP contribution >= 0.6 is 27.2 Å². The van der Waals surface area contributed by atoms with Gasteiger partial charge >= 0.3 is 64.5 Å². The molecule has 0 aromatic rings. The predicted molar refractivity (Wildman–Crippen MR) is 54.3 cm³/mol. The Kier molecular flexibility index (Phi) is 24.2. The van der Waals surface area contributed by atoms with Gasteiger partial charge in [-0.3, -0.25) is 0 Å². The molecule has 0 aromatic heterocycles. The SMILES string of the molecule is O=P(O)(O)O.O=P(O)(O)O.OCCCl.[Ba+2].[H-].[H-]. The van der Waals surface area contributed by atoms with Crippen molar-refractivity contribution in [1.29, 1.82) is 0 Å². The first-order valence-corrected chi connectivity index (χ1v) is 6.31. The first-order chi connectivity index (χ1) is 5.91. The number of hydrogen-bond acceptors (Lipinski definition) is 3. The van der Waals surface area contributed by atoms with Crippen LogP contribution in [0.4, 0.5) is 0 Å². The van der Waals surface area contributed by atoms with E-state index in [1.165, 1.54) is 0 Å². The molecule has 0 atom stereocenters. The first kappa shape index (κ1) is 25.8. The number of aliphatic hydroxyl groups is 1. The normalized spacial score (nSPS) is 9.87. The van der Waals surface area contributed by atoms with Crippen LogP contribution in [0.5, 0.6) is 0 Å². The quantitative estimate of drug-likeness (QED) is 0.148. The van der Waals surface area contributed by atoms with E-state index >= 15 is 0 Å². The fraction of sp³-hybridized carbons (Fsp3) is 1.00. The maximum atomic E-state index is 8.88. The molecule has 0 spiro atoms. The summed E-state index contributed by atoms with van der Waals surface area (Å²) in [5.74, 6) is 0.347. The zero-order valence-electron chi connectivity index (χ0n) is 9.34. The van der Waals surface area contributed by atoms with Gasteiger partial charge in [0.25, 0.3) is 0 Å². The Hall–Kier alpha value is 2.04. The van der Waals surface area contributed by atoms with Crippen LogP contribution in [-0.4, -0.2) is 95.8 Å². The molecule has 94 valence electrons. The van der Waals surface area contributed by atoms with Crippen molar-refractivity contribution in [2.45, 2.75) is 0 Å². The molecular formula is C2H13BaClO9P2. The van der Waals surface area contributed by atoms with Crippen LogP contribution < -0.4 is 0 Å². The number of hydrogen-bond donors (Lipinski definition) is 7. The molecule has 0 amide bonds. The number of halogens is 1. The fourth-order valence-electron chi connectivity index (χ4n) is 0. The summed E-state index contributed by atoms with van der Waals surface area (Å²) >= 11 is 4.94. The van der Waals surface area contributed by atoms with Gasteiger partial charge in [-0.1, -0.05) is 0 Å². The van der Waals surface area contributed by atoms with Gasteiger partial charge in [0, 0.05) is 5.88 Å². The van der Waals surface area contributed by atoms with Gasteiger partial charge < -0.3 is 37.3 Å².